The SMILES string of the molecule is CCOc1ccccc1C(=O)c1ccc(Cn2ccc3c(=O)n(CC)c(SC)nc32)cc1. The Balaban J connectivity index is 1.61. The molecule has 2 aromatic carbocycles. The van der Waals surface area contributed by atoms with Gasteiger partial charge in [-0.1, -0.05) is 48.2 Å². The minimum absolute atomic E-state index is 0.0190. The van der Waals surface area contributed by atoms with Gasteiger partial charge >= 0.3 is 0 Å². The van der Waals surface area contributed by atoms with Gasteiger partial charge in [-0.05, 0) is 43.9 Å². The first kappa shape index (κ1) is 21.9. The topological polar surface area (TPSA) is 66.1 Å². The Labute approximate surface area is 190 Å². The zero-order valence-electron chi connectivity index (χ0n) is 18.4. The van der Waals surface area contributed by atoms with Crippen molar-refractivity contribution in [2.24, 2.45) is 0 Å². The maximum absolute atomic E-state index is 13.0. The van der Waals surface area contributed by atoms with Crippen LogP contribution in [0.4, 0.5) is 0 Å². The van der Waals surface area contributed by atoms with Crippen LogP contribution in [0.25, 0.3) is 11.0 Å². The Morgan fingerprint density at radius 3 is 2.50 bits per heavy atom. The van der Waals surface area contributed by atoms with E-state index in [0.717, 1.165) is 5.56 Å². The van der Waals surface area contributed by atoms with Gasteiger partial charge in [0, 0.05) is 24.8 Å². The van der Waals surface area contributed by atoms with Crippen molar-refractivity contribution in [3.63, 3.8) is 0 Å². The normalized spacial score (nSPS) is 11.1. The molecule has 0 amide bonds. The number of hydrogen-bond acceptors (Lipinski definition) is 5. The number of benzene rings is 2. The number of hydrogen-bond donors (Lipinski definition) is 0. The van der Waals surface area contributed by atoms with Crippen molar-refractivity contribution < 1.29 is 9.53 Å². The predicted molar refractivity (Wildman–Crippen MR) is 128 cm³/mol. The number of aromatic nitrogens is 3. The summed E-state index contributed by atoms with van der Waals surface area (Å²) in [6.45, 7) is 5.50. The first-order chi connectivity index (χ1) is 15.6. The second-order valence-electron chi connectivity index (χ2n) is 7.28. The molecule has 4 rings (SSSR count). The third-order valence-electron chi connectivity index (χ3n) is 5.34. The van der Waals surface area contributed by atoms with Gasteiger partial charge in [-0.2, -0.15) is 0 Å². The lowest BCUT2D eigenvalue weighted by molar-refractivity contribution is 0.103. The van der Waals surface area contributed by atoms with E-state index in [0.29, 0.717) is 52.8 Å². The van der Waals surface area contributed by atoms with E-state index in [-0.39, 0.29) is 11.3 Å². The van der Waals surface area contributed by atoms with E-state index in [1.54, 1.807) is 10.6 Å². The third kappa shape index (κ3) is 4.08. The molecule has 0 saturated heterocycles. The van der Waals surface area contributed by atoms with Gasteiger partial charge in [-0.15, -0.1) is 0 Å². The summed E-state index contributed by atoms with van der Waals surface area (Å²) < 4.78 is 9.26. The van der Waals surface area contributed by atoms with Gasteiger partial charge in [0.2, 0.25) is 0 Å². The lowest BCUT2D eigenvalue weighted by atomic mass is 10.0. The fourth-order valence-corrected chi connectivity index (χ4v) is 4.36. The number of ether oxygens (including phenoxy) is 1. The van der Waals surface area contributed by atoms with E-state index < -0.39 is 0 Å². The smallest absolute Gasteiger partial charge is 0.263 e. The molecule has 0 aliphatic carbocycles. The van der Waals surface area contributed by atoms with Gasteiger partial charge in [0.05, 0.1) is 17.6 Å². The monoisotopic (exact) mass is 447 g/mol. The van der Waals surface area contributed by atoms with Crippen LogP contribution in [0, 0.1) is 0 Å². The van der Waals surface area contributed by atoms with Crippen LogP contribution < -0.4 is 10.3 Å². The van der Waals surface area contributed by atoms with Gasteiger partial charge < -0.3 is 9.30 Å². The molecule has 0 saturated carbocycles. The number of fused-ring (bicyclic) bond motifs is 1. The van der Waals surface area contributed by atoms with Crippen LogP contribution in [0.3, 0.4) is 0 Å². The summed E-state index contributed by atoms with van der Waals surface area (Å²) in [5.41, 5.74) is 2.83. The summed E-state index contributed by atoms with van der Waals surface area (Å²) in [5.74, 6) is 0.523. The van der Waals surface area contributed by atoms with E-state index in [1.165, 1.54) is 11.8 Å². The molecule has 0 aliphatic heterocycles. The summed E-state index contributed by atoms with van der Waals surface area (Å²) >= 11 is 1.47. The Bertz CT molecular complexity index is 1320. The highest BCUT2D eigenvalue weighted by Gasteiger charge is 2.15. The van der Waals surface area contributed by atoms with Crippen molar-refractivity contribution in [1.82, 2.24) is 14.1 Å². The number of thioether (sulfide) groups is 1. The number of carbonyl (C=O) groups excluding carboxylic acids is 1. The molecule has 0 radical (unpaired) electrons. The second-order valence-corrected chi connectivity index (χ2v) is 8.06. The van der Waals surface area contributed by atoms with Crippen LogP contribution in [-0.4, -0.2) is 32.8 Å². The summed E-state index contributed by atoms with van der Waals surface area (Å²) in [5, 5.41) is 1.32. The van der Waals surface area contributed by atoms with Gasteiger partial charge in [0.25, 0.3) is 5.56 Å². The third-order valence-corrected chi connectivity index (χ3v) is 6.02. The molecule has 0 aliphatic rings. The molecule has 0 N–H and O–H groups in total. The molecule has 6 nitrogen and oxygen atoms in total. The van der Waals surface area contributed by atoms with Crippen LogP contribution in [0.1, 0.15) is 35.3 Å². The van der Waals surface area contributed by atoms with Gasteiger partial charge in [0.15, 0.2) is 10.9 Å². The Morgan fingerprint density at radius 1 is 1.06 bits per heavy atom. The fraction of sp³-hybridized carbons (Fsp3) is 0.240. The summed E-state index contributed by atoms with van der Waals surface area (Å²) in [4.78, 5) is 30.5. The molecule has 7 heteroatoms. The number of nitrogens with zero attached hydrogens (tertiary/aromatic N) is 3. The van der Waals surface area contributed by atoms with Crippen molar-refractivity contribution in [1.29, 1.82) is 0 Å². The lowest BCUT2D eigenvalue weighted by Gasteiger charge is -2.11. The number of carbonyl (C=O) groups is 1. The van der Waals surface area contributed by atoms with Gasteiger partial charge in [-0.3, -0.25) is 14.2 Å². The molecule has 0 bridgehead atoms. The highest BCUT2D eigenvalue weighted by Crippen LogP contribution is 2.22. The summed E-state index contributed by atoms with van der Waals surface area (Å²) in [6, 6.07) is 16.6. The summed E-state index contributed by atoms with van der Waals surface area (Å²) in [7, 11) is 0. The van der Waals surface area contributed by atoms with Crippen molar-refractivity contribution in [2.45, 2.75) is 32.1 Å². The van der Waals surface area contributed by atoms with Crippen LogP contribution in [0.15, 0.2) is 70.7 Å². The zero-order valence-corrected chi connectivity index (χ0v) is 19.2. The molecule has 0 fully saturated rings. The standard InChI is InChI=1S/C25H25N3O3S/c1-4-28-24(30)20-14-15-27(23(20)26-25(28)32-3)16-17-10-12-18(13-11-17)22(29)19-8-6-7-9-21(19)31-5-2/h6-15H,4-5,16H2,1-3H3. The molecule has 2 heterocycles. The number of rotatable bonds is 8. The molecule has 0 atom stereocenters. The minimum Gasteiger partial charge on any atom is -0.493 e. The Kier molecular flexibility index (Phi) is 6.46. The molecule has 32 heavy (non-hydrogen) atoms. The highest BCUT2D eigenvalue weighted by atomic mass is 32.2. The van der Waals surface area contributed by atoms with Crippen molar-refractivity contribution in [3.05, 3.63) is 87.8 Å². The Hall–Kier alpha value is -3.32. The Morgan fingerprint density at radius 2 is 1.81 bits per heavy atom. The second kappa shape index (κ2) is 9.44. The van der Waals surface area contributed by atoms with E-state index in [4.69, 9.17) is 9.72 Å². The van der Waals surface area contributed by atoms with Gasteiger partial charge in [0.1, 0.15) is 11.4 Å². The van der Waals surface area contributed by atoms with Crippen molar-refractivity contribution in [2.75, 3.05) is 12.9 Å². The molecular weight excluding hydrogens is 422 g/mol. The van der Waals surface area contributed by atoms with E-state index in [9.17, 15) is 9.59 Å². The molecule has 164 valence electrons. The summed E-state index contributed by atoms with van der Waals surface area (Å²) in [6.07, 6.45) is 3.81. The predicted octanol–water partition coefficient (Wildman–Crippen LogP) is 4.62. The van der Waals surface area contributed by atoms with Crippen molar-refractivity contribution in [3.8, 4) is 5.75 Å². The van der Waals surface area contributed by atoms with Crippen LogP contribution >= 0.6 is 11.8 Å². The van der Waals surface area contributed by atoms with Crippen molar-refractivity contribution >= 4 is 28.6 Å². The number of para-hydroxylation sites is 1. The molecular formula is C25H25N3O3S. The van der Waals surface area contributed by atoms with E-state index >= 15 is 0 Å². The van der Waals surface area contributed by atoms with E-state index in [2.05, 4.69) is 0 Å². The molecule has 2 aromatic heterocycles. The quantitative estimate of drug-likeness (QED) is 0.224. The van der Waals surface area contributed by atoms with Crippen LogP contribution in [-0.2, 0) is 13.1 Å². The average Bonchev–Trinajstić information content (AvgIpc) is 3.22. The first-order valence-electron chi connectivity index (χ1n) is 10.6. The van der Waals surface area contributed by atoms with Crippen LogP contribution in [0.2, 0.25) is 0 Å². The van der Waals surface area contributed by atoms with Crippen LogP contribution in [0.5, 0.6) is 5.75 Å². The maximum Gasteiger partial charge on any atom is 0.263 e. The molecule has 4 aromatic rings. The minimum atomic E-state index is -0.0709. The fourth-order valence-electron chi connectivity index (χ4n) is 3.75. The molecule has 0 unspecified atom stereocenters. The zero-order chi connectivity index (χ0) is 22.7. The highest BCUT2D eigenvalue weighted by molar-refractivity contribution is 7.98. The number of ketones is 1. The largest absolute Gasteiger partial charge is 0.493 e. The maximum atomic E-state index is 13.0. The average molecular weight is 448 g/mol. The lowest BCUT2D eigenvalue weighted by Crippen LogP contribution is -2.22. The van der Waals surface area contributed by atoms with E-state index in [1.807, 2.05) is 79.4 Å². The molecule has 0 spiro atoms. The first-order valence-corrected chi connectivity index (χ1v) is 11.8. The van der Waals surface area contributed by atoms with Gasteiger partial charge in [-0.25, -0.2) is 4.98 Å².